The molecule has 4 saturated carbocycles. The molecule has 4 rings (SSSR count). The molecule has 21 heavy (non-hydrogen) atoms. The predicted octanol–water partition coefficient (Wildman–Crippen LogP) is 2.67. The van der Waals surface area contributed by atoms with Crippen molar-refractivity contribution >= 4 is 11.9 Å². The molecule has 1 amide bonds. The van der Waals surface area contributed by atoms with E-state index in [1.165, 1.54) is 32.1 Å². The highest BCUT2D eigenvalue weighted by molar-refractivity contribution is 5.85. The Kier molecular flexibility index (Phi) is 3.98. The first kappa shape index (κ1) is 14.9. The molecule has 0 unspecified atom stereocenters. The fourth-order valence-electron chi connectivity index (χ4n) is 5.29. The number of aliphatic carboxylic acids is 1. The van der Waals surface area contributed by atoms with E-state index in [1.807, 2.05) is 13.8 Å². The molecule has 0 radical (unpaired) electrons. The Morgan fingerprint density at radius 2 is 1.62 bits per heavy atom. The molecule has 4 aliphatic rings. The van der Waals surface area contributed by atoms with Gasteiger partial charge in [0.1, 0.15) is 6.04 Å². The van der Waals surface area contributed by atoms with Crippen LogP contribution in [0.1, 0.15) is 52.4 Å². The van der Waals surface area contributed by atoms with Crippen molar-refractivity contribution in [1.29, 1.82) is 0 Å². The first-order valence-corrected chi connectivity index (χ1v) is 8.52. The number of hydrogen-bond donors (Lipinski definition) is 2. The molecule has 2 atom stereocenters. The molecule has 4 aliphatic carbocycles. The molecule has 4 bridgehead atoms. The molecule has 4 fully saturated rings. The summed E-state index contributed by atoms with van der Waals surface area (Å²) in [4.78, 5) is 24.1. The van der Waals surface area contributed by atoms with Crippen LogP contribution in [0, 0.1) is 35.5 Å². The Labute approximate surface area is 126 Å². The second kappa shape index (κ2) is 5.62. The molecule has 0 spiro atoms. The average molecular weight is 293 g/mol. The van der Waals surface area contributed by atoms with Crippen molar-refractivity contribution in [3.63, 3.8) is 0 Å². The Bertz CT molecular complexity index is 406. The molecule has 2 N–H and O–H groups in total. The highest BCUT2D eigenvalue weighted by Gasteiger charge is 2.51. The molecule has 0 aromatic carbocycles. The first-order valence-electron chi connectivity index (χ1n) is 8.52. The van der Waals surface area contributed by atoms with Gasteiger partial charge in [0.05, 0.1) is 0 Å². The second-order valence-electron chi connectivity index (χ2n) is 7.67. The maximum atomic E-state index is 12.7. The van der Waals surface area contributed by atoms with E-state index in [1.54, 1.807) is 0 Å². The van der Waals surface area contributed by atoms with E-state index in [2.05, 4.69) is 5.32 Å². The lowest BCUT2D eigenvalue weighted by Crippen LogP contribution is -2.54. The van der Waals surface area contributed by atoms with Gasteiger partial charge in [-0.15, -0.1) is 0 Å². The van der Waals surface area contributed by atoms with E-state index in [-0.39, 0.29) is 17.7 Å². The van der Waals surface area contributed by atoms with Crippen LogP contribution in [0.25, 0.3) is 0 Å². The fraction of sp³-hybridized carbons (Fsp3) is 0.882. The summed E-state index contributed by atoms with van der Waals surface area (Å²) in [5.74, 6) is 1.84. The van der Waals surface area contributed by atoms with Gasteiger partial charge in [0.15, 0.2) is 0 Å². The van der Waals surface area contributed by atoms with Crippen molar-refractivity contribution in [1.82, 2.24) is 5.32 Å². The summed E-state index contributed by atoms with van der Waals surface area (Å²) < 4.78 is 0. The van der Waals surface area contributed by atoms with Crippen LogP contribution in [0.5, 0.6) is 0 Å². The molecule has 0 aromatic heterocycles. The van der Waals surface area contributed by atoms with E-state index < -0.39 is 12.0 Å². The van der Waals surface area contributed by atoms with Crippen LogP contribution in [0.3, 0.4) is 0 Å². The van der Waals surface area contributed by atoms with Crippen LogP contribution < -0.4 is 5.32 Å². The lowest BCUT2D eigenvalue weighted by Gasteiger charge is -2.53. The summed E-state index contributed by atoms with van der Waals surface area (Å²) >= 11 is 0. The number of rotatable bonds is 5. The fourth-order valence-corrected chi connectivity index (χ4v) is 5.29. The number of amides is 1. The summed E-state index contributed by atoms with van der Waals surface area (Å²) in [5.41, 5.74) is 0. The summed E-state index contributed by atoms with van der Waals surface area (Å²) in [5, 5.41) is 12.2. The maximum absolute atomic E-state index is 12.7. The maximum Gasteiger partial charge on any atom is 0.326 e. The summed E-state index contributed by atoms with van der Waals surface area (Å²) in [6, 6.07) is -0.736. The van der Waals surface area contributed by atoms with Gasteiger partial charge in [-0.2, -0.15) is 0 Å². The highest BCUT2D eigenvalue weighted by Crippen LogP contribution is 2.56. The Balaban J connectivity index is 1.69. The molecule has 0 aliphatic heterocycles. The van der Waals surface area contributed by atoms with Gasteiger partial charge in [-0.1, -0.05) is 20.3 Å². The molecular formula is C17H27NO3. The topological polar surface area (TPSA) is 66.4 Å². The smallest absolute Gasteiger partial charge is 0.326 e. The number of carbonyl (C=O) groups is 2. The van der Waals surface area contributed by atoms with Gasteiger partial charge in [0.25, 0.3) is 0 Å². The Hall–Kier alpha value is -1.06. The summed E-state index contributed by atoms with van der Waals surface area (Å²) in [6.07, 6.45) is 6.88. The van der Waals surface area contributed by atoms with Gasteiger partial charge in [-0.3, -0.25) is 4.79 Å². The van der Waals surface area contributed by atoms with Crippen LogP contribution in [0.15, 0.2) is 0 Å². The predicted molar refractivity (Wildman–Crippen MR) is 79.6 cm³/mol. The van der Waals surface area contributed by atoms with Gasteiger partial charge in [-0.25, -0.2) is 4.79 Å². The molecule has 4 heteroatoms. The summed E-state index contributed by atoms with van der Waals surface area (Å²) in [7, 11) is 0. The van der Waals surface area contributed by atoms with Crippen molar-refractivity contribution < 1.29 is 14.7 Å². The normalized spacial score (nSPS) is 39.8. The molecular weight excluding hydrogens is 266 g/mol. The molecule has 0 saturated heterocycles. The Morgan fingerprint density at radius 1 is 1.10 bits per heavy atom. The number of carboxylic acid groups (broad SMARTS) is 1. The minimum Gasteiger partial charge on any atom is -0.480 e. The van der Waals surface area contributed by atoms with E-state index in [0.717, 1.165) is 18.3 Å². The number of hydrogen-bond acceptors (Lipinski definition) is 2. The molecule has 0 heterocycles. The van der Waals surface area contributed by atoms with Crippen LogP contribution >= 0.6 is 0 Å². The van der Waals surface area contributed by atoms with Crippen LogP contribution in [-0.2, 0) is 9.59 Å². The van der Waals surface area contributed by atoms with Crippen LogP contribution in [-0.4, -0.2) is 23.0 Å². The third-order valence-corrected chi connectivity index (χ3v) is 6.31. The number of carboxylic acids is 1. The summed E-state index contributed by atoms with van der Waals surface area (Å²) in [6.45, 7) is 3.87. The zero-order valence-corrected chi connectivity index (χ0v) is 13.0. The van der Waals surface area contributed by atoms with Gasteiger partial charge in [0, 0.05) is 5.92 Å². The first-order chi connectivity index (χ1) is 9.99. The second-order valence-corrected chi connectivity index (χ2v) is 7.67. The van der Waals surface area contributed by atoms with Gasteiger partial charge in [0.2, 0.25) is 5.91 Å². The minimum absolute atomic E-state index is 0.0106. The molecule has 118 valence electrons. The van der Waals surface area contributed by atoms with Crippen LogP contribution in [0.2, 0.25) is 0 Å². The average Bonchev–Trinajstić information content (AvgIpc) is 2.42. The zero-order chi connectivity index (χ0) is 15.1. The Morgan fingerprint density at radius 3 is 2.05 bits per heavy atom. The van der Waals surface area contributed by atoms with Crippen LogP contribution in [0.4, 0.5) is 0 Å². The van der Waals surface area contributed by atoms with E-state index in [4.69, 9.17) is 0 Å². The van der Waals surface area contributed by atoms with Crippen molar-refractivity contribution in [2.24, 2.45) is 35.5 Å². The minimum atomic E-state index is -0.901. The molecule has 4 nitrogen and oxygen atoms in total. The number of carbonyl (C=O) groups excluding carboxylic acids is 1. The quantitative estimate of drug-likeness (QED) is 0.819. The van der Waals surface area contributed by atoms with E-state index in [9.17, 15) is 14.7 Å². The highest BCUT2D eigenvalue weighted by atomic mass is 16.4. The monoisotopic (exact) mass is 293 g/mol. The third-order valence-electron chi connectivity index (χ3n) is 6.31. The van der Waals surface area contributed by atoms with Gasteiger partial charge < -0.3 is 10.4 Å². The third kappa shape index (κ3) is 2.69. The van der Waals surface area contributed by atoms with E-state index >= 15 is 0 Å². The standard InChI is InChI=1S/C17H27NO3/c1-3-9(2)15(17(20)21)18-16(19)14-12-5-10-4-11(7-12)8-13(14)6-10/h9-15H,3-8H2,1-2H3,(H,18,19)(H,20,21)/t9-,10?,11?,12?,13?,14?,15-/m0/s1. The zero-order valence-electron chi connectivity index (χ0n) is 13.0. The lowest BCUT2D eigenvalue weighted by molar-refractivity contribution is -0.148. The number of nitrogens with one attached hydrogen (secondary N) is 1. The van der Waals surface area contributed by atoms with Crippen molar-refractivity contribution in [2.45, 2.75) is 58.4 Å². The largest absolute Gasteiger partial charge is 0.480 e. The molecule has 0 aromatic rings. The van der Waals surface area contributed by atoms with E-state index in [0.29, 0.717) is 11.8 Å². The SMILES string of the molecule is CC[C@H](C)[C@H](NC(=O)C1C2CC3CC(C2)CC1C3)C(=O)O. The van der Waals surface area contributed by atoms with Crippen molar-refractivity contribution in [2.75, 3.05) is 0 Å². The van der Waals surface area contributed by atoms with Gasteiger partial charge >= 0.3 is 5.97 Å². The van der Waals surface area contributed by atoms with Crippen molar-refractivity contribution in [3.05, 3.63) is 0 Å². The van der Waals surface area contributed by atoms with Gasteiger partial charge in [-0.05, 0) is 61.7 Å². The van der Waals surface area contributed by atoms with Crippen molar-refractivity contribution in [3.8, 4) is 0 Å². The lowest BCUT2D eigenvalue weighted by atomic mass is 9.51.